The third kappa shape index (κ3) is 4.16. The number of nitro benzene ring substituents is 1. The van der Waals surface area contributed by atoms with Crippen LogP contribution in [0.1, 0.15) is 12.5 Å². The molecule has 0 aromatic heterocycles. The Hall–Kier alpha value is -2.14. The molecule has 6 heteroatoms. The molecule has 2 rings (SSSR count). The van der Waals surface area contributed by atoms with Gasteiger partial charge in [-0.25, -0.2) is 4.39 Å². The van der Waals surface area contributed by atoms with Gasteiger partial charge in [-0.05, 0) is 43.2 Å². The second kappa shape index (κ2) is 6.54. The van der Waals surface area contributed by atoms with E-state index < -0.39 is 4.92 Å². The van der Waals surface area contributed by atoms with Crippen LogP contribution in [0.5, 0.6) is 0 Å². The molecule has 0 heterocycles. The monoisotopic (exact) mass is 308 g/mol. The number of anilines is 1. The molecule has 110 valence electrons. The van der Waals surface area contributed by atoms with E-state index in [4.69, 9.17) is 11.6 Å². The highest BCUT2D eigenvalue weighted by Crippen LogP contribution is 2.27. The van der Waals surface area contributed by atoms with Crippen molar-refractivity contribution in [1.82, 2.24) is 0 Å². The van der Waals surface area contributed by atoms with E-state index in [1.165, 1.54) is 24.3 Å². The van der Waals surface area contributed by atoms with E-state index in [0.717, 1.165) is 5.56 Å². The highest BCUT2D eigenvalue weighted by Gasteiger charge is 2.13. The van der Waals surface area contributed by atoms with Crippen molar-refractivity contribution in [3.8, 4) is 0 Å². The van der Waals surface area contributed by atoms with E-state index in [1.54, 1.807) is 12.1 Å². The van der Waals surface area contributed by atoms with Crippen LogP contribution in [-0.2, 0) is 6.42 Å². The molecule has 0 radical (unpaired) electrons. The lowest BCUT2D eigenvalue weighted by Crippen LogP contribution is -2.18. The van der Waals surface area contributed by atoms with Crippen molar-refractivity contribution in [2.24, 2.45) is 0 Å². The van der Waals surface area contributed by atoms with Gasteiger partial charge < -0.3 is 5.32 Å². The van der Waals surface area contributed by atoms with Crippen LogP contribution in [0.25, 0.3) is 0 Å². The first-order chi connectivity index (χ1) is 9.95. The van der Waals surface area contributed by atoms with E-state index in [0.29, 0.717) is 12.1 Å². The molecule has 0 aliphatic carbocycles. The van der Waals surface area contributed by atoms with Crippen molar-refractivity contribution in [2.75, 3.05) is 5.32 Å². The molecule has 0 amide bonds. The molecule has 4 nitrogen and oxygen atoms in total. The average Bonchev–Trinajstić information content (AvgIpc) is 2.38. The fourth-order valence-corrected chi connectivity index (χ4v) is 2.35. The van der Waals surface area contributed by atoms with Crippen LogP contribution in [0.4, 0.5) is 15.8 Å². The topological polar surface area (TPSA) is 55.2 Å². The van der Waals surface area contributed by atoms with Crippen LogP contribution in [-0.4, -0.2) is 11.0 Å². The van der Waals surface area contributed by atoms with Crippen LogP contribution in [0.3, 0.4) is 0 Å². The molecule has 21 heavy (non-hydrogen) atoms. The number of nitrogens with one attached hydrogen (secondary N) is 1. The SMILES string of the molecule is CC(Cc1cccc(F)c1)Nc1ccc([N+](=O)[O-])c(Cl)c1. The summed E-state index contributed by atoms with van der Waals surface area (Å²) in [7, 11) is 0. The first-order valence-corrected chi connectivity index (χ1v) is 6.78. The number of hydrogen-bond donors (Lipinski definition) is 1. The second-order valence-corrected chi connectivity index (χ2v) is 5.21. The zero-order chi connectivity index (χ0) is 15.4. The van der Waals surface area contributed by atoms with Gasteiger partial charge in [0.15, 0.2) is 0 Å². The number of nitrogens with zero attached hydrogens (tertiary/aromatic N) is 1. The summed E-state index contributed by atoms with van der Waals surface area (Å²) >= 11 is 5.86. The summed E-state index contributed by atoms with van der Waals surface area (Å²) in [6.07, 6.45) is 0.631. The molecule has 0 saturated heterocycles. The lowest BCUT2D eigenvalue weighted by atomic mass is 10.1. The van der Waals surface area contributed by atoms with Gasteiger partial charge >= 0.3 is 0 Å². The van der Waals surface area contributed by atoms with Gasteiger partial charge in [-0.3, -0.25) is 10.1 Å². The van der Waals surface area contributed by atoms with Gasteiger partial charge in [0.1, 0.15) is 10.8 Å². The molecular formula is C15H14ClFN2O2. The molecule has 0 aliphatic rings. The summed E-state index contributed by atoms with van der Waals surface area (Å²) in [5, 5.41) is 14.0. The van der Waals surface area contributed by atoms with E-state index in [1.807, 2.05) is 13.0 Å². The van der Waals surface area contributed by atoms with E-state index >= 15 is 0 Å². The molecule has 0 fully saturated rings. The Morgan fingerprint density at radius 1 is 1.33 bits per heavy atom. The molecule has 0 bridgehead atoms. The van der Waals surface area contributed by atoms with Gasteiger partial charge in [0, 0.05) is 17.8 Å². The Labute approximate surface area is 126 Å². The van der Waals surface area contributed by atoms with Crippen LogP contribution < -0.4 is 5.32 Å². The van der Waals surface area contributed by atoms with Crippen molar-refractivity contribution < 1.29 is 9.31 Å². The Balaban J connectivity index is 2.04. The first-order valence-electron chi connectivity index (χ1n) is 6.40. The third-order valence-corrected chi connectivity index (χ3v) is 3.29. The van der Waals surface area contributed by atoms with Gasteiger partial charge in [-0.1, -0.05) is 23.7 Å². The maximum atomic E-state index is 13.1. The molecule has 1 unspecified atom stereocenters. The lowest BCUT2D eigenvalue weighted by Gasteiger charge is -2.15. The standard InChI is InChI=1S/C15H14ClFN2O2/c1-10(7-11-3-2-4-12(17)8-11)18-13-5-6-15(19(20)21)14(16)9-13/h2-6,8-10,18H,7H2,1H3. The van der Waals surface area contributed by atoms with Crippen molar-refractivity contribution >= 4 is 23.0 Å². The van der Waals surface area contributed by atoms with E-state index in [-0.39, 0.29) is 22.6 Å². The van der Waals surface area contributed by atoms with Gasteiger partial charge in [0.05, 0.1) is 4.92 Å². The minimum absolute atomic E-state index is 0.0318. The molecule has 0 aliphatic heterocycles. The summed E-state index contributed by atoms with van der Waals surface area (Å²) in [6, 6.07) is 10.9. The van der Waals surface area contributed by atoms with Crippen molar-refractivity contribution in [3.05, 3.63) is 69.0 Å². The maximum Gasteiger partial charge on any atom is 0.288 e. The minimum Gasteiger partial charge on any atom is -0.382 e. The molecular weight excluding hydrogens is 295 g/mol. The summed E-state index contributed by atoms with van der Waals surface area (Å²) < 4.78 is 13.1. The highest BCUT2D eigenvalue weighted by molar-refractivity contribution is 6.32. The van der Waals surface area contributed by atoms with Crippen LogP contribution in [0, 0.1) is 15.9 Å². The summed E-state index contributed by atoms with van der Waals surface area (Å²) in [5.74, 6) is -0.266. The zero-order valence-corrected chi connectivity index (χ0v) is 12.1. The molecule has 2 aromatic rings. The van der Waals surface area contributed by atoms with Crippen molar-refractivity contribution in [2.45, 2.75) is 19.4 Å². The van der Waals surface area contributed by atoms with Crippen LogP contribution in [0.15, 0.2) is 42.5 Å². The van der Waals surface area contributed by atoms with E-state index in [2.05, 4.69) is 5.32 Å². The summed E-state index contributed by atoms with van der Waals surface area (Å²) in [4.78, 5) is 10.2. The van der Waals surface area contributed by atoms with Gasteiger partial charge in [-0.15, -0.1) is 0 Å². The first kappa shape index (κ1) is 15.3. The van der Waals surface area contributed by atoms with Gasteiger partial charge in [-0.2, -0.15) is 0 Å². The Morgan fingerprint density at radius 3 is 2.71 bits per heavy atom. The molecule has 0 saturated carbocycles. The third-order valence-electron chi connectivity index (χ3n) is 2.99. The Kier molecular flexibility index (Phi) is 4.75. The highest BCUT2D eigenvalue weighted by atomic mass is 35.5. The normalized spacial score (nSPS) is 12.0. The second-order valence-electron chi connectivity index (χ2n) is 4.80. The molecule has 1 N–H and O–H groups in total. The number of halogens is 2. The van der Waals surface area contributed by atoms with E-state index in [9.17, 15) is 14.5 Å². The summed E-state index contributed by atoms with van der Waals surface area (Å²) in [5.41, 5.74) is 1.44. The smallest absolute Gasteiger partial charge is 0.288 e. The fraction of sp³-hybridized carbons (Fsp3) is 0.200. The fourth-order valence-electron chi connectivity index (χ4n) is 2.10. The molecule has 2 aromatic carbocycles. The predicted molar refractivity (Wildman–Crippen MR) is 81.3 cm³/mol. The van der Waals surface area contributed by atoms with Crippen LogP contribution >= 0.6 is 11.6 Å². The number of nitro groups is 1. The van der Waals surface area contributed by atoms with Crippen molar-refractivity contribution in [1.29, 1.82) is 0 Å². The van der Waals surface area contributed by atoms with Gasteiger partial charge in [0.25, 0.3) is 5.69 Å². The summed E-state index contributed by atoms with van der Waals surface area (Å²) in [6.45, 7) is 1.94. The predicted octanol–water partition coefficient (Wildman–Crippen LogP) is 4.43. The largest absolute Gasteiger partial charge is 0.382 e. The zero-order valence-electron chi connectivity index (χ0n) is 11.3. The number of benzene rings is 2. The van der Waals surface area contributed by atoms with Gasteiger partial charge in [0.2, 0.25) is 0 Å². The Morgan fingerprint density at radius 2 is 2.10 bits per heavy atom. The Bertz CT molecular complexity index is 664. The minimum atomic E-state index is -0.526. The molecule has 0 spiro atoms. The number of hydrogen-bond acceptors (Lipinski definition) is 3. The number of rotatable bonds is 5. The van der Waals surface area contributed by atoms with Crippen LogP contribution in [0.2, 0.25) is 5.02 Å². The molecule has 1 atom stereocenters. The average molecular weight is 309 g/mol. The lowest BCUT2D eigenvalue weighted by molar-refractivity contribution is -0.384. The quantitative estimate of drug-likeness (QED) is 0.656. The maximum absolute atomic E-state index is 13.1. The van der Waals surface area contributed by atoms with Crippen molar-refractivity contribution in [3.63, 3.8) is 0 Å².